The molecule has 5 heteroatoms. The molecule has 0 spiro atoms. The molecule has 0 amide bonds. The van der Waals surface area contributed by atoms with E-state index in [4.69, 9.17) is 5.73 Å². The molecular weight excluding hydrogens is 476 g/mol. The fourth-order valence-electron chi connectivity index (χ4n) is 4.62. The van der Waals surface area contributed by atoms with Crippen LogP contribution < -0.4 is 10.5 Å². The molecule has 0 fully saturated rings. The van der Waals surface area contributed by atoms with Crippen LogP contribution in [-0.2, 0) is 10.0 Å². The highest BCUT2D eigenvalue weighted by Crippen LogP contribution is 2.37. The number of hydrogen-bond acceptors (Lipinski definition) is 3. The van der Waals surface area contributed by atoms with Crippen LogP contribution in [0.15, 0.2) is 144 Å². The third-order valence-electron chi connectivity index (χ3n) is 6.44. The van der Waals surface area contributed by atoms with Gasteiger partial charge in [0.15, 0.2) is 0 Å². The first-order valence-corrected chi connectivity index (χ1v) is 13.6. The van der Waals surface area contributed by atoms with E-state index in [0.29, 0.717) is 11.1 Å². The zero-order valence-corrected chi connectivity index (χ0v) is 21.1. The van der Waals surface area contributed by atoms with E-state index in [9.17, 15) is 8.42 Å². The summed E-state index contributed by atoms with van der Waals surface area (Å²) < 4.78 is 31.7. The Morgan fingerprint density at radius 1 is 0.514 bits per heavy atom. The van der Waals surface area contributed by atoms with E-state index in [1.807, 2.05) is 140 Å². The summed E-state index contributed by atoms with van der Waals surface area (Å²) in [7, 11) is -4.05. The molecule has 0 unspecified atom stereocenters. The zero-order valence-electron chi connectivity index (χ0n) is 20.2. The predicted molar refractivity (Wildman–Crippen MR) is 150 cm³/mol. The molecule has 0 aliphatic rings. The number of benzene rings is 5. The van der Waals surface area contributed by atoms with E-state index in [1.165, 1.54) is 0 Å². The molecule has 184 valence electrons. The van der Waals surface area contributed by atoms with Gasteiger partial charge in [0.1, 0.15) is 0 Å². The van der Waals surface area contributed by atoms with Crippen molar-refractivity contribution in [3.8, 4) is 22.3 Å². The molecule has 3 N–H and O–H groups in total. The minimum atomic E-state index is -4.05. The zero-order chi connectivity index (χ0) is 25.7. The maximum Gasteiger partial charge on any atom is 0.242 e. The van der Waals surface area contributed by atoms with Crippen LogP contribution in [0.2, 0.25) is 0 Å². The first kappa shape index (κ1) is 24.7. The lowest BCUT2D eigenvalue weighted by Crippen LogP contribution is -2.36. The van der Waals surface area contributed by atoms with E-state index in [2.05, 4.69) is 4.72 Å². The molecule has 5 rings (SSSR count). The summed E-state index contributed by atoms with van der Waals surface area (Å²) in [5, 5.41) is 0. The van der Waals surface area contributed by atoms with Crippen molar-refractivity contribution >= 4 is 10.0 Å². The first-order valence-electron chi connectivity index (χ1n) is 12.2. The Hall–Kier alpha value is -4.03. The Kier molecular flexibility index (Phi) is 7.28. The molecule has 5 aromatic rings. The van der Waals surface area contributed by atoms with Crippen molar-refractivity contribution in [2.75, 3.05) is 0 Å². The lowest BCUT2D eigenvalue weighted by Gasteiger charge is -2.27. The van der Waals surface area contributed by atoms with Crippen LogP contribution >= 0.6 is 0 Å². The van der Waals surface area contributed by atoms with E-state index in [-0.39, 0.29) is 4.90 Å². The third kappa shape index (κ3) is 5.39. The second-order valence-corrected chi connectivity index (χ2v) is 10.5. The number of nitrogens with two attached hydrogens (primary N) is 1. The SMILES string of the molecule is N[C@@H](c1ccccc1)[C@@H](NS(=O)(=O)c1c(-c2ccccc2)cccc1-c1ccccc1)c1ccccc1. The highest BCUT2D eigenvalue weighted by molar-refractivity contribution is 7.89. The van der Waals surface area contributed by atoms with E-state index in [0.717, 1.165) is 22.3 Å². The van der Waals surface area contributed by atoms with Crippen LogP contribution in [-0.4, -0.2) is 8.42 Å². The number of sulfonamides is 1. The fraction of sp³-hybridized carbons (Fsp3) is 0.0625. The Labute approximate surface area is 218 Å². The lowest BCUT2D eigenvalue weighted by molar-refractivity contribution is 0.504. The third-order valence-corrected chi connectivity index (χ3v) is 7.98. The average Bonchev–Trinajstić information content (AvgIpc) is 2.97. The summed E-state index contributed by atoms with van der Waals surface area (Å²) in [6.07, 6.45) is 0. The topological polar surface area (TPSA) is 72.2 Å². The molecular formula is C32H28N2O2S. The summed E-state index contributed by atoms with van der Waals surface area (Å²) >= 11 is 0. The molecule has 0 saturated heterocycles. The van der Waals surface area contributed by atoms with Gasteiger partial charge in [-0.25, -0.2) is 13.1 Å². The molecule has 0 bridgehead atoms. The Morgan fingerprint density at radius 3 is 1.38 bits per heavy atom. The van der Waals surface area contributed by atoms with Gasteiger partial charge in [-0.3, -0.25) is 0 Å². The van der Waals surface area contributed by atoms with Crippen LogP contribution in [0.4, 0.5) is 0 Å². The van der Waals surface area contributed by atoms with Crippen molar-refractivity contribution in [3.05, 3.63) is 151 Å². The van der Waals surface area contributed by atoms with E-state index >= 15 is 0 Å². The van der Waals surface area contributed by atoms with Gasteiger partial charge < -0.3 is 5.73 Å². The lowest BCUT2D eigenvalue weighted by atomic mass is 9.95. The smallest absolute Gasteiger partial charge is 0.242 e. The normalized spacial score (nSPS) is 13.1. The minimum Gasteiger partial charge on any atom is -0.322 e. The largest absolute Gasteiger partial charge is 0.322 e. The molecule has 37 heavy (non-hydrogen) atoms. The van der Waals surface area contributed by atoms with Crippen LogP contribution in [0.3, 0.4) is 0 Å². The summed E-state index contributed by atoms with van der Waals surface area (Å²) in [5.74, 6) is 0. The van der Waals surface area contributed by atoms with Gasteiger partial charge in [0.25, 0.3) is 0 Å². The molecule has 0 heterocycles. The van der Waals surface area contributed by atoms with Gasteiger partial charge in [-0.05, 0) is 22.3 Å². The van der Waals surface area contributed by atoms with Gasteiger partial charge in [-0.15, -0.1) is 0 Å². The highest BCUT2D eigenvalue weighted by Gasteiger charge is 2.31. The minimum absolute atomic E-state index is 0.230. The number of rotatable bonds is 8. The summed E-state index contributed by atoms with van der Waals surface area (Å²) in [4.78, 5) is 0.230. The van der Waals surface area contributed by atoms with Gasteiger partial charge in [0, 0.05) is 11.1 Å². The van der Waals surface area contributed by atoms with Gasteiger partial charge in [0.05, 0.1) is 17.0 Å². The summed E-state index contributed by atoms with van der Waals surface area (Å²) in [5.41, 5.74) is 11.3. The Morgan fingerprint density at radius 2 is 0.919 bits per heavy atom. The predicted octanol–water partition coefficient (Wildman–Crippen LogP) is 6.74. The van der Waals surface area contributed by atoms with E-state index in [1.54, 1.807) is 0 Å². The Balaban J connectivity index is 1.67. The Bertz CT molecular complexity index is 1500. The van der Waals surface area contributed by atoms with Crippen molar-refractivity contribution in [2.24, 2.45) is 5.73 Å². The van der Waals surface area contributed by atoms with Gasteiger partial charge in [-0.2, -0.15) is 0 Å². The first-order chi connectivity index (χ1) is 18.0. The number of nitrogens with one attached hydrogen (secondary N) is 1. The fourth-order valence-corrected chi connectivity index (χ4v) is 6.31. The summed E-state index contributed by atoms with van der Waals surface area (Å²) in [6.45, 7) is 0. The van der Waals surface area contributed by atoms with Crippen LogP contribution in [0.5, 0.6) is 0 Å². The maximum absolute atomic E-state index is 14.4. The second kappa shape index (κ2) is 10.9. The molecule has 5 aromatic carbocycles. The van der Waals surface area contributed by atoms with Crippen LogP contribution in [0, 0.1) is 0 Å². The van der Waals surface area contributed by atoms with Gasteiger partial charge in [-0.1, -0.05) is 140 Å². The molecule has 0 saturated carbocycles. The molecule has 4 nitrogen and oxygen atoms in total. The van der Waals surface area contributed by atoms with Crippen molar-refractivity contribution in [3.63, 3.8) is 0 Å². The summed E-state index contributed by atoms with van der Waals surface area (Å²) in [6, 6.07) is 42.5. The van der Waals surface area contributed by atoms with Gasteiger partial charge in [0.2, 0.25) is 10.0 Å². The van der Waals surface area contributed by atoms with Gasteiger partial charge >= 0.3 is 0 Å². The highest BCUT2D eigenvalue weighted by atomic mass is 32.2. The second-order valence-electron chi connectivity index (χ2n) is 8.86. The monoisotopic (exact) mass is 504 g/mol. The van der Waals surface area contributed by atoms with Crippen LogP contribution in [0.25, 0.3) is 22.3 Å². The number of hydrogen-bond donors (Lipinski definition) is 2. The quantitative estimate of drug-likeness (QED) is 0.246. The van der Waals surface area contributed by atoms with Crippen LogP contribution in [0.1, 0.15) is 23.2 Å². The molecule has 2 atom stereocenters. The maximum atomic E-state index is 14.4. The molecule has 0 aliphatic heterocycles. The van der Waals surface area contributed by atoms with Crippen molar-refractivity contribution in [2.45, 2.75) is 17.0 Å². The van der Waals surface area contributed by atoms with Crippen molar-refractivity contribution in [1.82, 2.24) is 4.72 Å². The van der Waals surface area contributed by atoms with Crippen molar-refractivity contribution in [1.29, 1.82) is 0 Å². The van der Waals surface area contributed by atoms with Crippen molar-refractivity contribution < 1.29 is 8.42 Å². The molecule has 0 radical (unpaired) electrons. The standard InChI is InChI=1S/C32H28N2O2S/c33-30(26-18-9-3-10-19-26)31(27-20-11-4-12-21-27)34-37(35,36)32-28(24-14-5-1-6-15-24)22-13-23-29(32)25-16-7-2-8-17-25/h1-23,30-31,34H,33H2/t30-,31-/m0/s1. The molecule has 0 aliphatic carbocycles. The average molecular weight is 505 g/mol. The van der Waals surface area contributed by atoms with E-state index < -0.39 is 22.1 Å². The molecule has 0 aromatic heterocycles.